The molecule has 0 bridgehead atoms. The second-order valence-electron chi connectivity index (χ2n) is 7.78. The maximum absolute atomic E-state index is 13.1. The summed E-state index contributed by atoms with van der Waals surface area (Å²) in [5, 5.41) is 2.51. The normalized spacial score (nSPS) is 12.6. The lowest BCUT2D eigenvalue weighted by Gasteiger charge is -2.29. The maximum atomic E-state index is 13.1. The molecule has 0 fully saturated rings. The van der Waals surface area contributed by atoms with Gasteiger partial charge in [0.15, 0.2) is 0 Å². The van der Waals surface area contributed by atoms with Gasteiger partial charge in [-0.3, -0.25) is 13.9 Å². The topological polar surface area (TPSA) is 86.8 Å². The Morgan fingerprint density at radius 3 is 2.26 bits per heavy atom. The molecule has 186 valence electrons. The summed E-state index contributed by atoms with van der Waals surface area (Å²) >= 11 is 0. The zero-order valence-corrected chi connectivity index (χ0v) is 20.0. The van der Waals surface area contributed by atoms with Crippen LogP contribution in [0.2, 0.25) is 0 Å². The molecule has 2 aromatic rings. The predicted octanol–water partition coefficient (Wildman–Crippen LogP) is 3.41. The fourth-order valence-electron chi connectivity index (χ4n) is 3.41. The van der Waals surface area contributed by atoms with E-state index >= 15 is 0 Å². The molecule has 2 aromatic carbocycles. The number of sulfonamides is 1. The lowest BCUT2D eigenvalue weighted by Crippen LogP contribution is -2.46. The van der Waals surface area contributed by atoms with Crippen molar-refractivity contribution in [1.29, 1.82) is 0 Å². The number of hydrogen-bond donors (Lipinski definition) is 1. The molecular weight excluding hydrogens is 471 g/mol. The van der Waals surface area contributed by atoms with Gasteiger partial charge >= 0.3 is 6.18 Å². The van der Waals surface area contributed by atoms with E-state index in [-0.39, 0.29) is 43.4 Å². The van der Waals surface area contributed by atoms with E-state index in [0.717, 1.165) is 34.3 Å². The number of halogens is 3. The van der Waals surface area contributed by atoms with E-state index in [1.807, 2.05) is 30.3 Å². The van der Waals surface area contributed by atoms with Crippen molar-refractivity contribution < 1.29 is 31.2 Å². The summed E-state index contributed by atoms with van der Waals surface area (Å²) in [4.78, 5) is 26.6. The van der Waals surface area contributed by atoms with Crippen LogP contribution in [0.25, 0.3) is 0 Å². The Labute approximate surface area is 197 Å². The molecule has 0 radical (unpaired) electrons. The van der Waals surface area contributed by atoms with Crippen LogP contribution in [0.1, 0.15) is 30.9 Å². The first-order chi connectivity index (χ1) is 15.8. The number of nitrogens with one attached hydrogen (secondary N) is 1. The largest absolute Gasteiger partial charge is 0.416 e. The standard InChI is InChI=1S/C23H28F3N3O4S/c1-17(22(31)27-2)28(16-18-9-5-4-6-10-18)21(30)13-8-14-29(34(3,32)33)20-12-7-11-19(15-20)23(24,25)26/h4-7,9-12,15,17H,8,13-14,16H2,1-3H3,(H,27,31). The first kappa shape index (κ1) is 27.2. The zero-order chi connectivity index (χ0) is 25.5. The van der Waals surface area contributed by atoms with Crippen molar-refractivity contribution in [2.45, 2.75) is 38.5 Å². The van der Waals surface area contributed by atoms with Crippen LogP contribution in [0, 0.1) is 0 Å². The SMILES string of the molecule is CNC(=O)C(C)N(Cc1ccccc1)C(=O)CCCN(c1cccc(C(F)(F)F)c1)S(C)(=O)=O. The average molecular weight is 500 g/mol. The van der Waals surface area contributed by atoms with Gasteiger partial charge in [0.05, 0.1) is 17.5 Å². The minimum atomic E-state index is -4.62. The highest BCUT2D eigenvalue weighted by Gasteiger charge is 2.32. The number of carbonyl (C=O) groups is 2. The van der Waals surface area contributed by atoms with E-state index in [4.69, 9.17) is 0 Å². The Kier molecular flexibility index (Phi) is 9.08. The predicted molar refractivity (Wildman–Crippen MR) is 123 cm³/mol. The highest BCUT2D eigenvalue weighted by molar-refractivity contribution is 7.92. The molecule has 0 aliphatic heterocycles. The van der Waals surface area contributed by atoms with E-state index in [0.29, 0.717) is 0 Å². The van der Waals surface area contributed by atoms with Crippen LogP contribution < -0.4 is 9.62 Å². The van der Waals surface area contributed by atoms with Crippen LogP contribution in [0.15, 0.2) is 54.6 Å². The van der Waals surface area contributed by atoms with E-state index in [9.17, 15) is 31.2 Å². The minimum absolute atomic E-state index is 0.0495. The van der Waals surface area contributed by atoms with Gasteiger partial charge in [-0.2, -0.15) is 13.2 Å². The van der Waals surface area contributed by atoms with Gasteiger partial charge < -0.3 is 10.2 Å². The first-order valence-corrected chi connectivity index (χ1v) is 12.4. The number of carbonyl (C=O) groups excluding carboxylic acids is 2. The molecule has 0 aromatic heterocycles. The van der Waals surface area contributed by atoms with Crippen LogP contribution >= 0.6 is 0 Å². The number of amides is 2. The Balaban J connectivity index is 2.17. The van der Waals surface area contributed by atoms with Crippen LogP contribution in [-0.4, -0.2) is 51.0 Å². The molecule has 2 amide bonds. The first-order valence-electron chi connectivity index (χ1n) is 10.5. The third kappa shape index (κ3) is 7.47. The van der Waals surface area contributed by atoms with Gasteiger partial charge in [0.1, 0.15) is 6.04 Å². The number of alkyl halides is 3. The molecule has 0 heterocycles. The van der Waals surface area contributed by atoms with Crippen LogP contribution in [0.3, 0.4) is 0 Å². The van der Waals surface area contributed by atoms with Gasteiger partial charge in [-0.05, 0) is 37.1 Å². The molecule has 0 spiro atoms. The monoisotopic (exact) mass is 499 g/mol. The highest BCUT2D eigenvalue weighted by Crippen LogP contribution is 2.32. The number of hydrogen-bond acceptors (Lipinski definition) is 4. The van der Waals surface area contributed by atoms with Crippen molar-refractivity contribution in [1.82, 2.24) is 10.2 Å². The van der Waals surface area contributed by atoms with Crippen molar-refractivity contribution in [3.63, 3.8) is 0 Å². The Hall–Kier alpha value is -3.08. The molecule has 0 aliphatic rings. The quantitative estimate of drug-likeness (QED) is 0.543. The summed E-state index contributed by atoms with van der Waals surface area (Å²) in [5.41, 5.74) is -0.291. The highest BCUT2D eigenvalue weighted by atomic mass is 32.2. The molecule has 2 rings (SSSR count). The van der Waals surface area contributed by atoms with Gasteiger partial charge in [-0.25, -0.2) is 8.42 Å². The van der Waals surface area contributed by atoms with Crippen LogP contribution in [0.4, 0.5) is 18.9 Å². The third-order valence-corrected chi connectivity index (χ3v) is 6.42. The van der Waals surface area contributed by atoms with Crippen molar-refractivity contribution in [3.05, 3.63) is 65.7 Å². The maximum Gasteiger partial charge on any atom is 0.416 e. The number of benzene rings is 2. The lowest BCUT2D eigenvalue weighted by molar-refractivity contribution is -0.140. The second-order valence-corrected chi connectivity index (χ2v) is 9.69. The van der Waals surface area contributed by atoms with Gasteiger partial charge in [0, 0.05) is 26.6 Å². The second kappa shape index (κ2) is 11.4. The minimum Gasteiger partial charge on any atom is -0.357 e. The van der Waals surface area contributed by atoms with E-state index in [2.05, 4.69) is 5.32 Å². The number of nitrogens with zero attached hydrogens (tertiary/aromatic N) is 2. The van der Waals surface area contributed by atoms with Crippen LogP contribution in [0.5, 0.6) is 0 Å². The van der Waals surface area contributed by atoms with E-state index in [1.165, 1.54) is 18.0 Å². The van der Waals surface area contributed by atoms with Crippen LogP contribution in [-0.2, 0) is 32.3 Å². The Morgan fingerprint density at radius 2 is 1.71 bits per heavy atom. The molecule has 0 aliphatic carbocycles. The summed E-state index contributed by atoms with van der Waals surface area (Å²) in [5.74, 6) is -0.733. The van der Waals surface area contributed by atoms with E-state index in [1.54, 1.807) is 6.92 Å². The summed E-state index contributed by atoms with van der Waals surface area (Å²) in [6, 6.07) is 12.3. The Bertz CT molecular complexity index is 1090. The fraction of sp³-hybridized carbons (Fsp3) is 0.391. The van der Waals surface area contributed by atoms with Crippen molar-refractivity contribution in [3.8, 4) is 0 Å². The van der Waals surface area contributed by atoms with Gasteiger partial charge in [-0.1, -0.05) is 36.4 Å². The third-order valence-electron chi connectivity index (χ3n) is 5.22. The molecule has 0 saturated carbocycles. The summed E-state index contributed by atoms with van der Waals surface area (Å²) in [6.07, 6.45) is -3.78. The number of anilines is 1. The summed E-state index contributed by atoms with van der Waals surface area (Å²) in [7, 11) is -2.44. The molecule has 1 atom stereocenters. The molecule has 0 saturated heterocycles. The molecule has 1 unspecified atom stereocenters. The van der Waals surface area contributed by atoms with Crippen molar-refractivity contribution in [2.24, 2.45) is 0 Å². The molecule has 11 heteroatoms. The Morgan fingerprint density at radius 1 is 1.06 bits per heavy atom. The zero-order valence-electron chi connectivity index (χ0n) is 19.2. The summed E-state index contributed by atoms with van der Waals surface area (Å²) < 4.78 is 64.6. The molecular formula is C23H28F3N3O4S. The smallest absolute Gasteiger partial charge is 0.357 e. The molecule has 34 heavy (non-hydrogen) atoms. The van der Waals surface area contributed by atoms with Gasteiger partial charge in [-0.15, -0.1) is 0 Å². The van der Waals surface area contributed by atoms with Gasteiger partial charge in [0.2, 0.25) is 21.8 Å². The molecule has 7 nitrogen and oxygen atoms in total. The van der Waals surface area contributed by atoms with Gasteiger partial charge in [0.25, 0.3) is 0 Å². The average Bonchev–Trinajstić information content (AvgIpc) is 2.78. The van der Waals surface area contributed by atoms with Crippen molar-refractivity contribution >= 4 is 27.5 Å². The summed E-state index contributed by atoms with van der Waals surface area (Å²) in [6.45, 7) is 1.57. The lowest BCUT2D eigenvalue weighted by atomic mass is 10.1. The van der Waals surface area contributed by atoms with Crippen molar-refractivity contribution in [2.75, 3.05) is 24.2 Å². The fourth-order valence-corrected chi connectivity index (χ4v) is 4.37. The molecule has 1 N–H and O–H groups in total. The number of likely N-dealkylation sites (N-methyl/N-ethyl adjacent to an activating group) is 1. The number of rotatable bonds is 10. The van der Waals surface area contributed by atoms with E-state index < -0.39 is 27.8 Å².